The van der Waals surface area contributed by atoms with Gasteiger partial charge < -0.3 is 0 Å². The number of aromatic nitrogens is 2. The van der Waals surface area contributed by atoms with Gasteiger partial charge in [0.25, 0.3) is 0 Å². The van der Waals surface area contributed by atoms with E-state index in [9.17, 15) is 0 Å². The third kappa shape index (κ3) is 1.08. The molecule has 1 aromatic heterocycles. The van der Waals surface area contributed by atoms with Gasteiger partial charge in [-0.1, -0.05) is 4.49 Å². The lowest BCUT2D eigenvalue weighted by molar-refractivity contribution is 1.20. The molecular formula is C7H4N4S. The van der Waals surface area contributed by atoms with Crippen LogP contribution in [-0.4, -0.2) is 9.59 Å². The third-order valence-electron chi connectivity index (χ3n) is 1.45. The van der Waals surface area contributed by atoms with Gasteiger partial charge in [-0.3, -0.25) is 5.32 Å². The molecule has 1 aromatic carbocycles. The highest BCUT2D eigenvalue weighted by Crippen LogP contribution is 2.19. The van der Waals surface area contributed by atoms with E-state index in [0.29, 0.717) is 0 Å². The minimum atomic E-state index is 0.774. The van der Waals surface area contributed by atoms with Crippen molar-refractivity contribution in [3.05, 3.63) is 18.2 Å². The van der Waals surface area contributed by atoms with Gasteiger partial charge in [-0.25, -0.2) is 0 Å². The second kappa shape index (κ2) is 2.75. The number of hydrogen-bond acceptors (Lipinski definition) is 5. The van der Waals surface area contributed by atoms with Crippen molar-refractivity contribution in [1.29, 1.82) is 5.26 Å². The fraction of sp³-hybridized carbons (Fsp3) is 0. The van der Waals surface area contributed by atoms with Crippen LogP contribution in [0.1, 0.15) is 0 Å². The van der Waals surface area contributed by atoms with Crippen LogP contribution in [0.3, 0.4) is 0 Å². The van der Waals surface area contributed by atoms with Crippen LogP contribution in [0.15, 0.2) is 18.2 Å². The number of nitrogens with zero attached hydrogens (tertiary/aromatic N) is 3. The van der Waals surface area contributed by atoms with E-state index in [0.717, 1.165) is 15.9 Å². The Balaban J connectivity index is 2.54. The van der Waals surface area contributed by atoms with Crippen LogP contribution in [0.2, 0.25) is 0 Å². The van der Waals surface area contributed by atoms with E-state index in [-0.39, 0.29) is 0 Å². The quantitative estimate of drug-likeness (QED) is 0.529. The van der Waals surface area contributed by atoms with Gasteiger partial charge in [0, 0.05) is 5.69 Å². The summed E-state index contributed by atoms with van der Waals surface area (Å²) < 4.78 is 4.77. The summed E-state index contributed by atoms with van der Waals surface area (Å²) >= 11 is 1.32. The molecule has 0 saturated heterocycles. The first-order valence-corrected chi connectivity index (χ1v) is 4.05. The first-order valence-electron chi connectivity index (χ1n) is 3.27. The van der Waals surface area contributed by atoms with Crippen molar-refractivity contribution in [3.8, 4) is 6.19 Å². The van der Waals surface area contributed by atoms with Crippen molar-refractivity contribution < 1.29 is 0 Å². The predicted octanol–water partition coefficient (Wildman–Crippen LogP) is 1.58. The Labute approximate surface area is 72.6 Å². The smallest absolute Gasteiger partial charge is 0.181 e. The molecular weight excluding hydrogens is 172 g/mol. The zero-order chi connectivity index (χ0) is 8.39. The second-order valence-electron chi connectivity index (χ2n) is 2.19. The maximum atomic E-state index is 8.35. The Hall–Kier alpha value is -1.67. The van der Waals surface area contributed by atoms with E-state index in [4.69, 9.17) is 5.26 Å². The molecule has 0 aliphatic rings. The van der Waals surface area contributed by atoms with Crippen LogP contribution in [0.4, 0.5) is 5.69 Å². The zero-order valence-electron chi connectivity index (χ0n) is 5.98. The maximum absolute atomic E-state index is 8.35. The lowest BCUT2D eigenvalue weighted by Gasteiger charge is -1.93. The molecule has 2 rings (SSSR count). The van der Waals surface area contributed by atoms with Gasteiger partial charge in [0.15, 0.2) is 6.19 Å². The Morgan fingerprint density at radius 2 is 2.42 bits per heavy atom. The van der Waals surface area contributed by atoms with Crippen LogP contribution >= 0.6 is 11.5 Å². The molecule has 58 valence electrons. The van der Waals surface area contributed by atoms with Gasteiger partial charge in [-0.2, -0.15) is 5.26 Å². The first kappa shape index (κ1) is 7.00. The number of benzene rings is 1. The van der Waals surface area contributed by atoms with Crippen LogP contribution in [0.25, 0.3) is 10.2 Å². The fourth-order valence-corrected chi connectivity index (χ4v) is 1.52. The summed E-state index contributed by atoms with van der Waals surface area (Å²) in [6.07, 6.45) is 1.85. The highest BCUT2D eigenvalue weighted by molar-refractivity contribution is 7.12. The summed E-state index contributed by atoms with van der Waals surface area (Å²) in [4.78, 5) is 0. The molecule has 0 amide bonds. The van der Waals surface area contributed by atoms with Crippen LogP contribution < -0.4 is 5.32 Å². The molecule has 0 aliphatic heterocycles. The molecule has 2 aromatic rings. The average Bonchev–Trinajstić information content (AvgIpc) is 2.51. The molecule has 0 aliphatic carbocycles. The van der Waals surface area contributed by atoms with Gasteiger partial charge in [0.1, 0.15) is 5.52 Å². The van der Waals surface area contributed by atoms with Crippen LogP contribution in [0, 0.1) is 11.5 Å². The lowest BCUT2D eigenvalue weighted by atomic mass is 10.3. The SMILES string of the molecule is N#CNc1ccc2nnsc2c1. The molecule has 4 nitrogen and oxygen atoms in total. The maximum Gasteiger partial charge on any atom is 0.181 e. The van der Waals surface area contributed by atoms with E-state index in [2.05, 4.69) is 14.9 Å². The Kier molecular flexibility index (Phi) is 1.61. The summed E-state index contributed by atoms with van der Waals surface area (Å²) in [5.74, 6) is 0. The summed E-state index contributed by atoms with van der Waals surface area (Å²) in [5, 5.41) is 14.8. The van der Waals surface area contributed by atoms with E-state index in [1.807, 2.05) is 18.3 Å². The molecule has 0 fully saturated rings. The van der Waals surface area contributed by atoms with E-state index in [1.54, 1.807) is 6.07 Å². The van der Waals surface area contributed by atoms with E-state index >= 15 is 0 Å². The van der Waals surface area contributed by atoms with Gasteiger partial charge in [0.05, 0.1) is 4.70 Å². The number of nitrogens with one attached hydrogen (secondary N) is 1. The molecule has 0 saturated carbocycles. The lowest BCUT2D eigenvalue weighted by Crippen LogP contribution is -1.85. The number of hydrogen-bond donors (Lipinski definition) is 1. The number of anilines is 1. The summed E-state index contributed by atoms with van der Waals surface area (Å²) in [7, 11) is 0. The van der Waals surface area contributed by atoms with Crippen molar-refractivity contribution in [3.63, 3.8) is 0 Å². The van der Waals surface area contributed by atoms with Gasteiger partial charge >= 0.3 is 0 Å². The fourth-order valence-electron chi connectivity index (χ4n) is 0.921. The number of rotatable bonds is 1. The first-order chi connectivity index (χ1) is 5.90. The second-order valence-corrected chi connectivity index (χ2v) is 2.98. The van der Waals surface area contributed by atoms with Crippen molar-refractivity contribution in [2.24, 2.45) is 0 Å². The molecule has 0 spiro atoms. The van der Waals surface area contributed by atoms with Crippen molar-refractivity contribution in [1.82, 2.24) is 9.59 Å². The molecule has 5 heteroatoms. The van der Waals surface area contributed by atoms with Gasteiger partial charge in [-0.15, -0.1) is 5.10 Å². The minimum Gasteiger partial charge on any atom is -0.293 e. The van der Waals surface area contributed by atoms with E-state index < -0.39 is 0 Å². The monoisotopic (exact) mass is 176 g/mol. The summed E-state index contributed by atoms with van der Waals surface area (Å²) in [6, 6.07) is 5.48. The molecule has 0 bridgehead atoms. The molecule has 0 radical (unpaired) electrons. The van der Waals surface area contributed by atoms with Crippen LogP contribution in [0.5, 0.6) is 0 Å². The summed E-state index contributed by atoms with van der Waals surface area (Å²) in [5.41, 5.74) is 1.64. The number of fused-ring (bicyclic) bond motifs is 1. The Bertz CT molecular complexity index is 442. The highest BCUT2D eigenvalue weighted by atomic mass is 32.1. The zero-order valence-corrected chi connectivity index (χ0v) is 6.80. The standard InChI is InChI=1S/C7H4N4S/c8-4-9-5-1-2-6-7(3-5)12-11-10-6/h1-3,9H. The van der Waals surface area contributed by atoms with E-state index in [1.165, 1.54) is 11.5 Å². The normalized spacial score (nSPS) is 9.58. The Morgan fingerprint density at radius 3 is 3.25 bits per heavy atom. The van der Waals surface area contributed by atoms with Gasteiger partial charge in [-0.05, 0) is 29.7 Å². The van der Waals surface area contributed by atoms with Crippen LogP contribution in [-0.2, 0) is 0 Å². The topological polar surface area (TPSA) is 61.6 Å². The van der Waals surface area contributed by atoms with Crippen molar-refractivity contribution in [2.45, 2.75) is 0 Å². The van der Waals surface area contributed by atoms with Crippen molar-refractivity contribution >= 4 is 27.4 Å². The third-order valence-corrected chi connectivity index (χ3v) is 2.13. The predicted molar refractivity (Wildman–Crippen MR) is 46.7 cm³/mol. The Morgan fingerprint density at radius 1 is 1.50 bits per heavy atom. The molecule has 1 heterocycles. The summed E-state index contributed by atoms with van der Waals surface area (Å²) in [6.45, 7) is 0. The molecule has 0 unspecified atom stereocenters. The highest BCUT2D eigenvalue weighted by Gasteiger charge is 1.98. The van der Waals surface area contributed by atoms with Gasteiger partial charge in [0.2, 0.25) is 0 Å². The van der Waals surface area contributed by atoms with Crippen molar-refractivity contribution in [2.75, 3.05) is 5.32 Å². The minimum absolute atomic E-state index is 0.774. The average molecular weight is 176 g/mol. The molecule has 12 heavy (non-hydrogen) atoms. The molecule has 0 atom stereocenters. The largest absolute Gasteiger partial charge is 0.293 e. The molecule has 1 N–H and O–H groups in total. The number of nitriles is 1.